The van der Waals surface area contributed by atoms with Crippen LogP contribution in [-0.4, -0.2) is 60.0 Å². The molecule has 2 saturated heterocycles. The van der Waals surface area contributed by atoms with Gasteiger partial charge in [0.1, 0.15) is 5.82 Å². The van der Waals surface area contributed by atoms with E-state index in [4.69, 9.17) is 23.2 Å². The molecule has 2 aliphatic heterocycles. The molecule has 0 unspecified atom stereocenters. The van der Waals surface area contributed by atoms with E-state index < -0.39 is 0 Å². The van der Waals surface area contributed by atoms with Crippen LogP contribution in [-0.2, 0) is 11.3 Å². The van der Waals surface area contributed by atoms with Gasteiger partial charge in [-0.25, -0.2) is 4.98 Å². The van der Waals surface area contributed by atoms with E-state index >= 15 is 0 Å². The molecule has 7 nitrogen and oxygen atoms in total. The molecular weight excluding hydrogens is 423 g/mol. The van der Waals surface area contributed by atoms with E-state index in [1.54, 1.807) is 12.3 Å². The average Bonchev–Trinajstić information content (AvgIpc) is 2.79. The van der Waals surface area contributed by atoms with Crippen LogP contribution in [0.2, 0.25) is 10.0 Å². The average molecular weight is 449 g/mol. The summed E-state index contributed by atoms with van der Waals surface area (Å²) in [5, 5.41) is 7.85. The third-order valence-corrected chi connectivity index (χ3v) is 6.27. The van der Waals surface area contributed by atoms with Gasteiger partial charge < -0.3 is 20.4 Å². The van der Waals surface area contributed by atoms with Crippen molar-refractivity contribution >= 4 is 40.9 Å². The number of piperidine rings is 1. The van der Waals surface area contributed by atoms with Crippen molar-refractivity contribution in [2.45, 2.75) is 19.4 Å². The molecule has 2 aromatic rings. The minimum absolute atomic E-state index is 0.168. The Labute approximate surface area is 186 Å². The maximum absolute atomic E-state index is 12.7. The predicted octanol–water partition coefficient (Wildman–Crippen LogP) is 3.04. The van der Waals surface area contributed by atoms with Crippen molar-refractivity contribution in [3.63, 3.8) is 0 Å². The van der Waals surface area contributed by atoms with Gasteiger partial charge in [0.05, 0.1) is 0 Å². The fourth-order valence-corrected chi connectivity index (χ4v) is 4.38. The summed E-state index contributed by atoms with van der Waals surface area (Å²) in [5.74, 6) is 1.88. The highest BCUT2D eigenvalue weighted by Crippen LogP contribution is 2.22. The van der Waals surface area contributed by atoms with Crippen molar-refractivity contribution in [2.24, 2.45) is 5.92 Å². The first-order chi connectivity index (χ1) is 14.6. The highest BCUT2D eigenvalue weighted by Gasteiger charge is 2.29. The summed E-state index contributed by atoms with van der Waals surface area (Å²) in [5.41, 5.74) is 0.950. The number of rotatable bonds is 5. The molecular formula is C21H26Cl2N6O. The van der Waals surface area contributed by atoms with Crippen LogP contribution in [0.5, 0.6) is 0 Å². The smallest absolute Gasteiger partial charge is 0.227 e. The van der Waals surface area contributed by atoms with Gasteiger partial charge in [0, 0.05) is 54.9 Å². The van der Waals surface area contributed by atoms with Crippen LogP contribution in [0, 0.1) is 5.92 Å². The molecule has 3 heterocycles. The Morgan fingerprint density at radius 1 is 1.13 bits per heavy atom. The van der Waals surface area contributed by atoms with Gasteiger partial charge in [0.15, 0.2) is 0 Å². The minimum atomic E-state index is 0.168. The molecule has 9 heteroatoms. The number of carbonyl (C=O) groups is 1. The van der Waals surface area contributed by atoms with Crippen molar-refractivity contribution in [3.05, 3.63) is 46.1 Å². The first-order valence-corrected chi connectivity index (χ1v) is 11.1. The van der Waals surface area contributed by atoms with Crippen LogP contribution in [0.4, 0.5) is 11.8 Å². The molecule has 30 heavy (non-hydrogen) atoms. The molecule has 0 spiro atoms. The van der Waals surface area contributed by atoms with E-state index in [0.29, 0.717) is 41.5 Å². The predicted molar refractivity (Wildman–Crippen MR) is 120 cm³/mol. The largest absolute Gasteiger partial charge is 0.366 e. The quantitative estimate of drug-likeness (QED) is 0.731. The number of hydrogen-bond acceptors (Lipinski definition) is 6. The molecule has 0 bridgehead atoms. The Morgan fingerprint density at radius 3 is 2.63 bits per heavy atom. The van der Waals surface area contributed by atoms with Crippen molar-refractivity contribution in [2.75, 3.05) is 49.5 Å². The number of amides is 1. The number of nitrogens with one attached hydrogen (secondary N) is 2. The number of halogens is 2. The molecule has 1 aromatic carbocycles. The van der Waals surface area contributed by atoms with Gasteiger partial charge in [0.2, 0.25) is 11.9 Å². The highest BCUT2D eigenvalue weighted by molar-refractivity contribution is 6.35. The number of benzene rings is 1. The third kappa shape index (κ3) is 5.14. The van der Waals surface area contributed by atoms with Crippen LogP contribution in [0.3, 0.4) is 0 Å². The summed E-state index contributed by atoms with van der Waals surface area (Å²) >= 11 is 12.2. The Balaban J connectivity index is 1.32. The maximum Gasteiger partial charge on any atom is 0.227 e. The van der Waals surface area contributed by atoms with Crippen molar-refractivity contribution in [1.29, 1.82) is 0 Å². The highest BCUT2D eigenvalue weighted by atomic mass is 35.5. The van der Waals surface area contributed by atoms with Gasteiger partial charge in [-0.2, -0.15) is 4.98 Å². The van der Waals surface area contributed by atoms with E-state index in [9.17, 15) is 4.79 Å². The molecule has 1 aromatic heterocycles. The number of anilines is 2. The number of piperazine rings is 1. The number of aromatic nitrogens is 2. The number of carbonyl (C=O) groups excluding carboxylic acids is 1. The van der Waals surface area contributed by atoms with Gasteiger partial charge >= 0.3 is 0 Å². The van der Waals surface area contributed by atoms with Crippen molar-refractivity contribution in [1.82, 2.24) is 20.2 Å². The normalized spacial score (nSPS) is 17.8. The number of hydrogen-bond donors (Lipinski definition) is 2. The monoisotopic (exact) mass is 448 g/mol. The van der Waals surface area contributed by atoms with E-state index in [0.717, 1.165) is 50.4 Å². The van der Waals surface area contributed by atoms with Crippen molar-refractivity contribution in [3.8, 4) is 0 Å². The van der Waals surface area contributed by atoms with Crippen LogP contribution >= 0.6 is 23.2 Å². The second-order valence-corrected chi connectivity index (χ2v) is 8.51. The summed E-state index contributed by atoms with van der Waals surface area (Å²) in [6, 6.07) is 7.29. The molecule has 0 saturated carbocycles. The van der Waals surface area contributed by atoms with E-state index in [1.807, 2.05) is 23.1 Å². The Kier molecular flexibility index (Phi) is 6.92. The molecule has 2 N–H and O–H groups in total. The Morgan fingerprint density at radius 2 is 1.90 bits per heavy atom. The van der Waals surface area contributed by atoms with Crippen LogP contribution < -0.4 is 15.5 Å². The van der Waals surface area contributed by atoms with Crippen molar-refractivity contribution < 1.29 is 4.79 Å². The standard InChI is InChI=1S/C21H26Cl2N6O/c22-17-2-1-16(18(23)13-17)14-26-19-5-8-25-21(27-19)29-11-9-28(10-12-29)20(30)15-3-6-24-7-4-15/h1-2,5,8,13,15,24H,3-4,6-7,9-12,14H2,(H,25,26,27). The van der Waals surface area contributed by atoms with Gasteiger partial charge in [0.25, 0.3) is 0 Å². The summed E-state index contributed by atoms with van der Waals surface area (Å²) in [7, 11) is 0. The lowest BCUT2D eigenvalue weighted by atomic mass is 9.96. The first-order valence-electron chi connectivity index (χ1n) is 10.4. The second-order valence-electron chi connectivity index (χ2n) is 7.67. The van der Waals surface area contributed by atoms with E-state index in [-0.39, 0.29) is 5.92 Å². The van der Waals surface area contributed by atoms with Crippen LogP contribution in [0.15, 0.2) is 30.5 Å². The minimum Gasteiger partial charge on any atom is -0.366 e. The molecule has 160 valence electrons. The summed E-state index contributed by atoms with van der Waals surface area (Å²) in [6.45, 7) is 5.32. The molecule has 2 fully saturated rings. The Bertz CT molecular complexity index is 882. The fraction of sp³-hybridized carbons (Fsp3) is 0.476. The molecule has 0 aliphatic carbocycles. The first kappa shape index (κ1) is 21.2. The van der Waals surface area contributed by atoms with Gasteiger partial charge in [-0.3, -0.25) is 4.79 Å². The van der Waals surface area contributed by atoms with Gasteiger partial charge in [-0.05, 0) is 49.7 Å². The molecule has 0 atom stereocenters. The number of nitrogens with zero attached hydrogens (tertiary/aromatic N) is 4. The van der Waals surface area contributed by atoms with Crippen LogP contribution in [0.1, 0.15) is 18.4 Å². The molecule has 0 radical (unpaired) electrons. The SMILES string of the molecule is O=C(C1CCNCC1)N1CCN(c2nccc(NCc3ccc(Cl)cc3Cl)n2)CC1. The van der Waals surface area contributed by atoms with E-state index in [1.165, 1.54) is 0 Å². The molecule has 4 rings (SSSR count). The molecule has 2 aliphatic rings. The lowest BCUT2D eigenvalue weighted by molar-refractivity contribution is -0.136. The zero-order valence-corrected chi connectivity index (χ0v) is 18.3. The topological polar surface area (TPSA) is 73.4 Å². The van der Waals surface area contributed by atoms with Gasteiger partial charge in [-0.1, -0.05) is 29.3 Å². The summed E-state index contributed by atoms with van der Waals surface area (Å²) < 4.78 is 0. The maximum atomic E-state index is 12.7. The van der Waals surface area contributed by atoms with Gasteiger partial charge in [-0.15, -0.1) is 0 Å². The lowest BCUT2D eigenvalue weighted by Crippen LogP contribution is -2.51. The lowest BCUT2D eigenvalue weighted by Gasteiger charge is -2.37. The van der Waals surface area contributed by atoms with E-state index in [2.05, 4.69) is 25.5 Å². The summed E-state index contributed by atoms with van der Waals surface area (Å²) in [6.07, 6.45) is 3.63. The zero-order valence-electron chi connectivity index (χ0n) is 16.8. The fourth-order valence-electron chi connectivity index (χ4n) is 3.90. The van der Waals surface area contributed by atoms with Crippen LogP contribution in [0.25, 0.3) is 0 Å². The molecule has 1 amide bonds. The third-order valence-electron chi connectivity index (χ3n) is 5.68. The zero-order chi connectivity index (χ0) is 20.9. The second kappa shape index (κ2) is 9.81. The Hall–Kier alpha value is -2.09. The summed E-state index contributed by atoms with van der Waals surface area (Å²) in [4.78, 5) is 25.9.